The molecule has 16 heavy (non-hydrogen) atoms. The molecule has 0 spiro atoms. The average Bonchev–Trinajstić information content (AvgIpc) is 2.54. The van der Waals surface area contributed by atoms with Crippen molar-refractivity contribution < 1.29 is 29.1 Å². The minimum absolute atomic E-state index is 0.00681. The molecule has 1 unspecified atom stereocenters. The zero-order chi connectivity index (χ0) is 12.3. The predicted octanol–water partition coefficient (Wildman–Crippen LogP) is -0.527. The molecule has 1 rings (SSSR count). The maximum atomic E-state index is 11.5. The van der Waals surface area contributed by atoms with E-state index in [2.05, 4.69) is 9.47 Å². The van der Waals surface area contributed by atoms with E-state index in [4.69, 9.17) is 0 Å². The summed E-state index contributed by atoms with van der Waals surface area (Å²) in [6.07, 6.45) is 0.0646. The fraction of sp³-hybridized carbons (Fsp3) is 0.667. The van der Waals surface area contributed by atoms with E-state index in [0.717, 1.165) is 7.11 Å². The first-order chi connectivity index (χ1) is 7.44. The summed E-state index contributed by atoms with van der Waals surface area (Å²) in [5.41, 5.74) is -1.60. The topological polar surface area (TPSA) is 93.1 Å². The van der Waals surface area contributed by atoms with Gasteiger partial charge in [-0.1, -0.05) is 0 Å². The smallest absolute Gasteiger partial charge is 0.338 e. The molecule has 1 heterocycles. The van der Waals surface area contributed by atoms with Crippen LogP contribution in [-0.2, 0) is 23.9 Å². The molecule has 0 aromatic rings. The quantitative estimate of drug-likeness (QED) is 0.518. The molecular formula is C9H13NO6. The molecule has 1 aliphatic heterocycles. The van der Waals surface area contributed by atoms with Gasteiger partial charge in [-0.3, -0.25) is 14.8 Å². The van der Waals surface area contributed by atoms with Crippen LogP contribution in [0.3, 0.4) is 0 Å². The van der Waals surface area contributed by atoms with Gasteiger partial charge < -0.3 is 9.47 Å². The average molecular weight is 231 g/mol. The van der Waals surface area contributed by atoms with Gasteiger partial charge >= 0.3 is 11.9 Å². The third-order valence-corrected chi connectivity index (χ3v) is 2.47. The normalized spacial score (nSPS) is 24.4. The highest BCUT2D eigenvalue weighted by atomic mass is 16.6. The molecule has 1 amide bonds. The van der Waals surface area contributed by atoms with Crippen molar-refractivity contribution in [1.82, 2.24) is 5.06 Å². The van der Waals surface area contributed by atoms with Crippen LogP contribution in [0.15, 0.2) is 0 Å². The fourth-order valence-corrected chi connectivity index (χ4v) is 1.56. The lowest BCUT2D eigenvalue weighted by Gasteiger charge is -2.30. The Morgan fingerprint density at radius 3 is 2.56 bits per heavy atom. The number of hydroxylamine groups is 2. The highest BCUT2D eigenvalue weighted by Crippen LogP contribution is 2.30. The lowest BCUT2D eigenvalue weighted by Crippen LogP contribution is -2.54. The number of esters is 2. The molecule has 7 heteroatoms. The highest BCUT2D eigenvalue weighted by molar-refractivity contribution is 5.91. The molecule has 1 aliphatic rings. The summed E-state index contributed by atoms with van der Waals surface area (Å²) in [6, 6.07) is 0. The minimum atomic E-state index is -1.60. The molecule has 1 N–H and O–H groups in total. The molecule has 0 saturated carbocycles. The van der Waals surface area contributed by atoms with E-state index >= 15 is 0 Å². The van der Waals surface area contributed by atoms with Gasteiger partial charge in [-0.2, -0.15) is 0 Å². The second kappa shape index (κ2) is 4.48. The Balaban J connectivity index is 2.89. The molecule has 0 aromatic heterocycles. The number of methoxy groups -OCH3 is 1. The van der Waals surface area contributed by atoms with Crippen molar-refractivity contribution in [1.29, 1.82) is 0 Å². The van der Waals surface area contributed by atoms with Crippen molar-refractivity contribution in [3.63, 3.8) is 0 Å². The molecule has 1 saturated heterocycles. The molecule has 0 bridgehead atoms. The number of nitrogens with zero attached hydrogens (tertiary/aromatic N) is 1. The lowest BCUT2D eigenvalue weighted by molar-refractivity contribution is -0.203. The number of hydrogen-bond donors (Lipinski definition) is 1. The SMILES string of the molecule is COC(=O)C1(COC(C)=O)CCC(=O)N1O. The van der Waals surface area contributed by atoms with Crippen LogP contribution in [0.2, 0.25) is 0 Å². The molecule has 0 aliphatic carbocycles. The first kappa shape index (κ1) is 12.4. The molecule has 1 atom stereocenters. The van der Waals surface area contributed by atoms with Crippen molar-refractivity contribution in [2.45, 2.75) is 25.3 Å². The minimum Gasteiger partial charge on any atom is -0.467 e. The summed E-state index contributed by atoms with van der Waals surface area (Å²) < 4.78 is 9.18. The zero-order valence-corrected chi connectivity index (χ0v) is 9.06. The largest absolute Gasteiger partial charge is 0.467 e. The van der Waals surface area contributed by atoms with Crippen LogP contribution in [0.1, 0.15) is 19.8 Å². The van der Waals surface area contributed by atoms with Gasteiger partial charge in [-0.15, -0.1) is 0 Å². The standard InChI is InChI=1S/C9H13NO6/c1-6(11)16-5-9(8(13)15-2)4-3-7(12)10(9)14/h14H,3-5H2,1-2H3. The summed E-state index contributed by atoms with van der Waals surface area (Å²) in [4.78, 5) is 33.4. The van der Waals surface area contributed by atoms with E-state index in [0.29, 0.717) is 5.06 Å². The summed E-state index contributed by atoms with van der Waals surface area (Å²) in [6.45, 7) is 0.765. The predicted molar refractivity (Wildman–Crippen MR) is 49.2 cm³/mol. The van der Waals surface area contributed by atoms with E-state index in [1.54, 1.807) is 0 Å². The molecule has 7 nitrogen and oxygen atoms in total. The maximum Gasteiger partial charge on any atom is 0.338 e. The Labute approximate surface area is 91.9 Å². The first-order valence-electron chi connectivity index (χ1n) is 4.68. The number of rotatable bonds is 3. The van der Waals surface area contributed by atoms with Crippen molar-refractivity contribution in [2.75, 3.05) is 13.7 Å². The fourth-order valence-electron chi connectivity index (χ4n) is 1.56. The highest BCUT2D eigenvalue weighted by Gasteiger charge is 2.53. The van der Waals surface area contributed by atoms with Crippen molar-refractivity contribution >= 4 is 17.8 Å². The van der Waals surface area contributed by atoms with E-state index < -0.39 is 30.0 Å². The number of amides is 1. The Kier molecular flexibility index (Phi) is 3.48. The van der Waals surface area contributed by atoms with Crippen molar-refractivity contribution in [2.24, 2.45) is 0 Å². The second-order valence-electron chi connectivity index (χ2n) is 3.51. The summed E-state index contributed by atoms with van der Waals surface area (Å²) in [5, 5.41) is 9.81. The second-order valence-corrected chi connectivity index (χ2v) is 3.51. The van der Waals surface area contributed by atoms with Gasteiger partial charge in [-0.05, 0) is 6.42 Å². The number of carbonyl (C=O) groups excluding carboxylic acids is 3. The lowest BCUT2D eigenvalue weighted by atomic mass is 9.99. The number of ether oxygens (including phenoxy) is 2. The maximum absolute atomic E-state index is 11.5. The summed E-state index contributed by atoms with van der Waals surface area (Å²) in [7, 11) is 1.13. The van der Waals surface area contributed by atoms with Gasteiger partial charge in [0.2, 0.25) is 11.4 Å². The van der Waals surface area contributed by atoms with Crippen molar-refractivity contribution in [3.05, 3.63) is 0 Å². The van der Waals surface area contributed by atoms with Gasteiger partial charge in [0, 0.05) is 13.3 Å². The Morgan fingerprint density at radius 1 is 1.56 bits per heavy atom. The van der Waals surface area contributed by atoms with Gasteiger partial charge in [0.15, 0.2) is 0 Å². The van der Waals surface area contributed by atoms with E-state index in [1.165, 1.54) is 6.92 Å². The van der Waals surface area contributed by atoms with Gasteiger partial charge in [0.25, 0.3) is 0 Å². The molecular weight excluding hydrogens is 218 g/mol. The van der Waals surface area contributed by atoms with Crippen LogP contribution < -0.4 is 0 Å². The van der Waals surface area contributed by atoms with E-state index in [9.17, 15) is 19.6 Å². The monoisotopic (exact) mass is 231 g/mol. The molecule has 0 aromatic carbocycles. The van der Waals surface area contributed by atoms with Crippen LogP contribution in [0.5, 0.6) is 0 Å². The molecule has 90 valence electrons. The summed E-state index contributed by atoms with van der Waals surface area (Å²) in [5.74, 6) is -2.00. The van der Waals surface area contributed by atoms with E-state index in [-0.39, 0.29) is 12.8 Å². The van der Waals surface area contributed by atoms with Crippen LogP contribution in [0.25, 0.3) is 0 Å². The van der Waals surface area contributed by atoms with Gasteiger partial charge in [-0.25, -0.2) is 9.86 Å². The van der Waals surface area contributed by atoms with Crippen LogP contribution >= 0.6 is 0 Å². The Morgan fingerprint density at radius 2 is 2.19 bits per heavy atom. The zero-order valence-electron chi connectivity index (χ0n) is 9.06. The molecule has 0 radical (unpaired) electrons. The van der Waals surface area contributed by atoms with Crippen LogP contribution in [-0.4, -0.2) is 47.4 Å². The van der Waals surface area contributed by atoms with Crippen molar-refractivity contribution in [3.8, 4) is 0 Å². The Hall–Kier alpha value is -1.63. The first-order valence-corrected chi connectivity index (χ1v) is 4.68. The van der Waals surface area contributed by atoms with Gasteiger partial charge in [0.05, 0.1) is 7.11 Å². The third-order valence-electron chi connectivity index (χ3n) is 2.47. The Bertz CT molecular complexity index is 328. The van der Waals surface area contributed by atoms with E-state index in [1.807, 2.05) is 0 Å². The summed E-state index contributed by atoms with van der Waals surface area (Å²) >= 11 is 0. The van der Waals surface area contributed by atoms with Crippen LogP contribution in [0, 0.1) is 0 Å². The van der Waals surface area contributed by atoms with Gasteiger partial charge in [0.1, 0.15) is 6.61 Å². The van der Waals surface area contributed by atoms with Crippen LogP contribution in [0.4, 0.5) is 0 Å². The number of hydrogen-bond acceptors (Lipinski definition) is 6. The third kappa shape index (κ3) is 1.99. The number of carbonyl (C=O) groups is 3. The molecule has 1 fully saturated rings.